The summed E-state index contributed by atoms with van der Waals surface area (Å²) in [6.07, 6.45) is 3.74. The molecule has 0 amide bonds. The number of aromatic nitrogens is 2. The first-order chi connectivity index (χ1) is 10.2. The van der Waals surface area contributed by atoms with E-state index < -0.39 is 0 Å². The largest absolute Gasteiger partial charge is 0.378 e. The van der Waals surface area contributed by atoms with Crippen molar-refractivity contribution in [1.82, 2.24) is 14.7 Å². The lowest BCUT2D eigenvalue weighted by atomic mass is 10.2. The van der Waals surface area contributed by atoms with Crippen molar-refractivity contribution in [2.45, 2.75) is 26.9 Å². The van der Waals surface area contributed by atoms with Crippen LogP contribution in [0.25, 0.3) is 0 Å². The molecule has 0 aliphatic carbocycles. The SMILES string of the molecule is CCN(CC)CCn1cc(NCc2ccccc2F)cn1. The first kappa shape index (κ1) is 15.5. The van der Waals surface area contributed by atoms with Gasteiger partial charge in [0.15, 0.2) is 0 Å². The molecule has 0 bridgehead atoms. The highest BCUT2D eigenvalue weighted by molar-refractivity contribution is 5.39. The molecule has 0 spiro atoms. The van der Waals surface area contributed by atoms with Gasteiger partial charge in [-0.05, 0) is 19.2 Å². The number of rotatable bonds is 8. The lowest BCUT2D eigenvalue weighted by Gasteiger charge is -2.17. The molecule has 0 aliphatic rings. The Kier molecular flexibility index (Phi) is 5.75. The van der Waals surface area contributed by atoms with Gasteiger partial charge >= 0.3 is 0 Å². The van der Waals surface area contributed by atoms with Crippen LogP contribution in [0.1, 0.15) is 19.4 Å². The third-order valence-electron chi connectivity index (χ3n) is 3.61. The number of hydrogen-bond acceptors (Lipinski definition) is 3. The minimum atomic E-state index is -0.182. The molecule has 0 saturated heterocycles. The molecule has 0 aliphatic heterocycles. The van der Waals surface area contributed by atoms with Crippen molar-refractivity contribution in [2.24, 2.45) is 0 Å². The molecule has 0 saturated carbocycles. The van der Waals surface area contributed by atoms with E-state index in [1.165, 1.54) is 6.07 Å². The molecule has 21 heavy (non-hydrogen) atoms. The van der Waals surface area contributed by atoms with Crippen molar-refractivity contribution < 1.29 is 4.39 Å². The zero-order valence-electron chi connectivity index (χ0n) is 12.7. The Morgan fingerprint density at radius 3 is 2.71 bits per heavy atom. The van der Waals surface area contributed by atoms with Gasteiger partial charge in [0.1, 0.15) is 5.82 Å². The lowest BCUT2D eigenvalue weighted by Crippen LogP contribution is -2.27. The Morgan fingerprint density at radius 1 is 1.24 bits per heavy atom. The summed E-state index contributed by atoms with van der Waals surface area (Å²) in [5, 5.41) is 7.53. The van der Waals surface area contributed by atoms with E-state index in [0.29, 0.717) is 12.1 Å². The summed E-state index contributed by atoms with van der Waals surface area (Å²) in [6, 6.07) is 6.80. The first-order valence-electron chi connectivity index (χ1n) is 7.45. The van der Waals surface area contributed by atoms with Crippen molar-refractivity contribution in [3.8, 4) is 0 Å². The molecule has 0 atom stereocenters. The van der Waals surface area contributed by atoms with Gasteiger partial charge in [-0.15, -0.1) is 0 Å². The molecule has 0 radical (unpaired) electrons. The van der Waals surface area contributed by atoms with Crippen LogP contribution >= 0.6 is 0 Å². The fourth-order valence-electron chi connectivity index (χ4n) is 2.20. The highest BCUT2D eigenvalue weighted by atomic mass is 19.1. The average Bonchev–Trinajstić information content (AvgIpc) is 2.95. The topological polar surface area (TPSA) is 33.1 Å². The summed E-state index contributed by atoms with van der Waals surface area (Å²) in [5.41, 5.74) is 1.58. The van der Waals surface area contributed by atoms with Gasteiger partial charge < -0.3 is 10.2 Å². The molecule has 2 aromatic rings. The number of halogens is 1. The van der Waals surface area contributed by atoms with Crippen LogP contribution in [-0.2, 0) is 13.1 Å². The van der Waals surface area contributed by atoms with Gasteiger partial charge in [0, 0.05) is 24.8 Å². The number of hydrogen-bond donors (Lipinski definition) is 1. The normalized spacial score (nSPS) is 11.0. The second-order valence-corrected chi connectivity index (χ2v) is 4.96. The Bertz CT molecular complexity index is 549. The number of likely N-dealkylation sites (N-methyl/N-ethyl adjacent to an activating group) is 1. The molecular formula is C16H23FN4. The number of nitrogens with zero attached hydrogens (tertiary/aromatic N) is 3. The molecule has 1 aromatic carbocycles. The van der Waals surface area contributed by atoms with Crippen molar-refractivity contribution >= 4 is 5.69 Å². The lowest BCUT2D eigenvalue weighted by molar-refractivity contribution is 0.285. The second-order valence-electron chi connectivity index (χ2n) is 4.96. The number of nitrogens with one attached hydrogen (secondary N) is 1. The summed E-state index contributed by atoms with van der Waals surface area (Å²) in [4.78, 5) is 2.36. The van der Waals surface area contributed by atoms with E-state index in [9.17, 15) is 4.39 Å². The maximum absolute atomic E-state index is 13.5. The minimum absolute atomic E-state index is 0.182. The summed E-state index contributed by atoms with van der Waals surface area (Å²) < 4.78 is 15.4. The number of benzene rings is 1. The van der Waals surface area contributed by atoms with Crippen LogP contribution < -0.4 is 5.32 Å². The summed E-state index contributed by atoms with van der Waals surface area (Å²) in [5.74, 6) is -0.182. The second kappa shape index (κ2) is 7.78. The van der Waals surface area contributed by atoms with E-state index in [4.69, 9.17) is 0 Å². The maximum atomic E-state index is 13.5. The van der Waals surface area contributed by atoms with E-state index in [1.54, 1.807) is 18.3 Å². The van der Waals surface area contributed by atoms with Crippen molar-refractivity contribution in [2.75, 3.05) is 25.0 Å². The summed E-state index contributed by atoms with van der Waals surface area (Å²) in [6.45, 7) is 8.74. The van der Waals surface area contributed by atoms with Crippen LogP contribution in [0.4, 0.5) is 10.1 Å². The van der Waals surface area contributed by atoms with Gasteiger partial charge in [-0.2, -0.15) is 5.10 Å². The molecule has 4 nitrogen and oxygen atoms in total. The van der Waals surface area contributed by atoms with Crippen molar-refractivity contribution in [3.63, 3.8) is 0 Å². The molecule has 0 fully saturated rings. The van der Waals surface area contributed by atoms with Crippen molar-refractivity contribution in [3.05, 3.63) is 48.0 Å². The molecule has 2 rings (SSSR count). The molecule has 5 heteroatoms. The Labute approximate surface area is 125 Å². The third kappa shape index (κ3) is 4.56. The van der Waals surface area contributed by atoms with Gasteiger partial charge in [0.25, 0.3) is 0 Å². The fourth-order valence-corrected chi connectivity index (χ4v) is 2.20. The van der Waals surface area contributed by atoms with Crippen molar-refractivity contribution in [1.29, 1.82) is 0 Å². The fraction of sp³-hybridized carbons (Fsp3) is 0.438. The standard InChI is InChI=1S/C16H23FN4/c1-3-20(4-2)9-10-21-13-15(12-19-21)18-11-14-7-5-6-8-16(14)17/h5-8,12-13,18H,3-4,9-11H2,1-2H3. The molecular weight excluding hydrogens is 267 g/mol. The quantitative estimate of drug-likeness (QED) is 0.811. The predicted octanol–water partition coefficient (Wildman–Crippen LogP) is 2.98. The van der Waals surface area contributed by atoms with Crippen LogP contribution in [0.15, 0.2) is 36.7 Å². The number of anilines is 1. The van der Waals surface area contributed by atoms with Gasteiger partial charge in [-0.25, -0.2) is 4.39 Å². The molecule has 1 N–H and O–H groups in total. The Hall–Kier alpha value is -1.88. The highest BCUT2D eigenvalue weighted by Gasteiger charge is 2.03. The van der Waals surface area contributed by atoms with Crippen LogP contribution in [0, 0.1) is 5.82 Å². The van der Waals surface area contributed by atoms with E-state index in [-0.39, 0.29) is 5.82 Å². The van der Waals surface area contributed by atoms with E-state index >= 15 is 0 Å². The van der Waals surface area contributed by atoms with E-state index in [1.807, 2.05) is 16.9 Å². The monoisotopic (exact) mass is 290 g/mol. The van der Waals surface area contributed by atoms with Gasteiger partial charge in [-0.3, -0.25) is 4.68 Å². The van der Waals surface area contributed by atoms with Crippen LogP contribution in [0.5, 0.6) is 0 Å². The minimum Gasteiger partial charge on any atom is -0.378 e. The van der Waals surface area contributed by atoms with Gasteiger partial charge in [0.2, 0.25) is 0 Å². The van der Waals surface area contributed by atoms with Crippen LogP contribution in [0.3, 0.4) is 0 Å². The summed E-state index contributed by atoms with van der Waals surface area (Å²) in [7, 11) is 0. The molecule has 1 aromatic heterocycles. The molecule has 114 valence electrons. The zero-order chi connectivity index (χ0) is 15.1. The average molecular weight is 290 g/mol. The maximum Gasteiger partial charge on any atom is 0.128 e. The predicted molar refractivity (Wildman–Crippen MR) is 83.7 cm³/mol. The van der Waals surface area contributed by atoms with Crippen LogP contribution in [-0.4, -0.2) is 34.3 Å². The highest BCUT2D eigenvalue weighted by Crippen LogP contribution is 2.11. The third-order valence-corrected chi connectivity index (χ3v) is 3.61. The Balaban J connectivity index is 1.84. The first-order valence-corrected chi connectivity index (χ1v) is 7.45. The van der Waals surface area contributed by atoms with Gasteiger partial charge in [0.05, 0.1) is 18.4 Å². The molecule has 0 unspecified atom stereocenters. The van der Waals surface area contributed by atoms with Gasteiger partial charge in [-0.1, -0.05) is 32.0 Å². The zero-order valence-corrected chi connectivity index (χ0v) is 12.7. The Morgan fingerprint density at radius 2 is 2.00 bits per heavy atom. The molecule has 1 heterocycles. The smallest absolute Gasteiger partial charge is 0.128 e. The van der Waals surface area contributed by atoms with E-state index in [2.05, 4.69) is 29.2 Å². The summed E-state index contributed by atoms with van der Waals surface area (Å²) >= 11 is 0. The van der Waals surface area contributed by atoms with E-state index in [0.717, 1.165) is 31.9 Å². The van der Waals surface area contributed by atoms with Crippen LogP contribution in [0.2, 0.25) is 0 Å².